The average molecular weight is 271 g/mol. The highest BCUT2D eigenvalue weighted by Gasteiger charge is 2.11. The van der Waals surface area contributed by atoms with Crippen LogP contribution in [0.4, 0.5) is 0 Å². The quantitative estimate of drug-likeness (QED) is 0.908. The molecule has 106 valence electrons. The van der Waals surface area contributed by atoms with Gasteiger partial charge in [-0.1, -0.05) is 19.9 Å². The summed E-state index contributed by atoms with van der Waals surface area (Å²) in [5, 5.41) is 0. The number of nitrogens with zero attached hydrogens (tertiary/aromatic N) is 2. The van der Waals surface area contributed by atoms with Crippen LogP contribution in [-0.2, 0) is 6.42 Å². The molecule has 2 rings (SSSR count). The largest absolute Gasteiger partial charge is 0.496 e. The van der Waals surface area contributed by atoms with E-state index < -0.39 is 0 Å². The van der Waals surface area contributed by atoms with E-state index >= 15 is 0 Å². The summed E-state index contributed by atoms with van der Waals surface area (Å²) in [6.07, 6.45) is 2.45. The lowest BCUT2D eigenvalue weighted by Crippen LogP contribution is -2.06. The lowest BCUT2D eigenvalue weighted by atomic mass is 9.99. The fourth-order valence-corrected chi connectivity index (χ4v) is 2.08. The summed E-state index contributed by atoms with van der Waals surface area (Å²) in [7, 11) is 1.68. The molecular formula is C16H21N3O. The van der Waals surface area contributed by atoms with Gasteiger partial charge in [0, 0.05) is 18.2 Å². The number of aromatic nitrogens is 2. The zero-order chi connectivity index (χ0) is 14.5. The summed E-state index contributed by atoms with van der Waals surface area (Å²) in [5.74, 6) is 2.05. The van der Waals surface area contributed by atoms with Crippen molar-refractivity contribution in [3.8, 4) is 17.0 Å². The van der Waals surface area contributed by atoms with E-state index in [1.165, 1.54) is 5.56 Å². The van der Waals surface area contributed by atoms with E-state index in [-0.39, 0.29) is 0 Å². The van der Waals surface area contributed by atoms with E-state index in [4.69, 9.17) is 10.5 Å². The van der Waals surface area contributed by atoms with Crippen molar-refractivity contribution in [1.29, 1.82) is 0 Å². The minimum atomic E-state index is 0.463. The second-order valence-corrected chi connectivity index (χ2v) is 5.01. The Labute approximate surface area is 120 Å². The van der Waals surface area contributed by atoms with Crippen molar-refractivity contribution < 1.29 is 4.74 Å². The van der Waals surface area contributed by atoms with Gasteiger partial charge in [-0.15, -0.1) is 0 Å². The summed E-state index contributed by atoms with van der Waals surface area (Å²) in [6.45, 7) is 4.89. The van der Waals surface area contributed by atoms with Crippen molar-refractivity contribution in [3.63, 3.8) is 0 Å². The Balaban J connectivity index is 2.49. The Bertz CT molecular complexity index is 582. The Morgan fingerprint density at radius 1 is 1.25 bits per heavy atom. The van der Waals surface area contributed by atoms with Crippen LogP contribution in [-0.4, -0.2) is 23.6 Å². The molecule has 0 aliphatic heterocycles. The fraction of sp³-hybridized carbons (Fsp3) is 0.375. The number of hydrogen-bond acceptors (Lipinski definition) is 4. The van der Waals surface area contributed by atoms with Crippen molar-refractivity contribution in [2.75, 3.05) is 13.7 Å². The molecule has 0 saturated heterocycles. The number of ether oxygens (including phenoxy) is 1. The molecule has 2 N–H and O–H groups in total. The first-order chi connectivity index (χ1) is 9.65. The maximum atomic E-state index is 5.56. The molecule has 0 bridgehead atoms. The number of benzene rings is 1. The van der Waals surface area contributed by atoms with E-state index in [0.29, 0.717) is 18.9 Å². The highest BCUT2D eigenvalue weighted by atomic mass is 16.5. The number of hydrogen-bond donors (Lipinski definition) is 1. The zero-order valence-electron chi connectivity index (χ0n) is 12.3. The fourth-order valence-electron chi connectivity index (χ4n) is 2.08. The van der Waals surface area contributed by atoms with Crippen LogP contribution >= 0.6 is 0 Å². The van der Waals surface area contributed by atoms with Crippen LogP contribution in [0, 0.1) is 0 Å². The Hall–Kier alpha value is -1.94. The summed E-state index contributed by atoms with van der Waals surface area (Å²) >= 11 is 0. The van der Waals surface area contributed by atoms with Crippen LogP contribution in [0.15, 0.2) is 30.5 Å². The number of nitrogens with two attached hydrogens (primary N) is 1. The van der Waals surface area contributed by atoms with E-state index in [2.05, 4.69) is 35.9 Å². The van der Waals surface area contributed by atoms with Crippen LogP contribution in [0.3, 0.4) is 0 Å². The SMILES string of the molecule is COc1ccc(C(C)C)cc1-c1ccnc(CCN)n1. The molecule has 0 saturated carbocycles. The monoisotopic (exact) mass is 271 g/mol. The molecule has 1 aromatic heterocycles. The van der Waals surface area contributed by atoms with Gasteiger partial charge >= 0.3 is 0 Å². The highest BCUT2D eigenvalue weighted by Crippen LogP contribution is 2.31. The van der Waals surface area contributed by atoms with Gasteiger partial charge in [0.2, 0.25) is 0 Å². The van der Waals surface area contributed by atoms with Crippen molar-refractivity contribution in [2.24, 2.45) is 5.73 Å². The zero-order valence-corrected chi connectivity index (χ0v) is 12.3. The molecule has 2 aromatic rings. The first-order valence-electron chi connectivity index (χ1n) is 6.86. The van der Waals surface area contributed by atoms with Crippen molar-refractivity contribution >= 4 is 0 Å². The highest BCUT2D eigenvalue weighted by molar-refractivity contribution is 5.68. The molecule has 0 aliphatic carbocycles. The third-order valence-corrected chi connectivity index (χ3v) is 3.24. The van der Waals surface area contributed by atoms with Gasteiger partial charge in [-0.2, -0.15) is 0 Å². The van der Waals surface area contributed by atoms with Gasteiger partial charge in [-0.3, -0.25) is 0 Å². The summed E-state index contributed by atoms with van der Waals surface area (Å²) in [4.78, 5) is 8.81. The van der Waals surface area contributed by atoms with Gasteiger partial charge in [-0.25, -0.2) is 9.97 Å². The van der Waals surface area contributed by atoms with Gasteiger partial charge < -0.3 is 10.5 Å². The molecule has 0 radical (unpaired) electrons. The molecule has 4 nitrogen and oxygen atoms in total. The van der Waals surface area contributed by atoms with E-state index in [1.807, 2.05) is 12.1 Å². The van der Waals surface area contributed by atoms with E-state index in [9.17, 15) is 0 Å². The third-order valence-electron chi connectivity index (χ3n) is 3.24. The summed E-state index contributed by atoms with van der Waals surface area (Å²) in [6, 6.07) is 8.13. The minimum absolute atomic E-state index is 0.463. The molecule has 1 aromatic carbocycles. The van der Waals surface area contributed by atoms with Crippen LogP contribution in [0.25, 0.3) is 11.3 Å². The molecule has 4 heteroatoms. The average Bonchev–Trinajstić information content (AvgIpc) is 2.47. The first kappa shape index (κ1) is 14.5. The maximum Gasteiger partial charge on any atom is 0.130 e. The van der Waals surface area contributed by atoms with Gasteiger partial charge in [0.1, 0.15) is 11.6 Å². The summed E-state index contributed by atoms with van der Waals surface area (Å²) in [5.41, 5.74) is 8.71. The Morgan fingerprint density at radius 2 is 2.05 bits per heavy atom. The van der Waals surface area contributed by atoms with Gasteiger partial charge in [0.05, 0.1) is 12.8 Å². The van der Waals surface area contributed by atoms with Crippen LogP contribution in [0.1, 0.15) is 31.2 Å². The topological polar surface area (TPSA) is 61.0 Å². The first-order valence-corrected chi connectivity index (χ1v) is 6.86. The molecule has 0 fully saturated rings. The predicted octanol–water partition coefficient (Wildman–Crippen LogP) is 2.78. The van der Waals surface area contributed by atoms with Crippen molar-refractivity contribution in [2.45, 2.75) is 26.2 Å². The Morgan fingerprint density at radius 3 is 2.70 bits per heavy atom. The van der Waals surface area contributed by atoms with E-state index in [1.54, 1.807) is 13.3 Å². The van der Waals surface area contributed by atoms with Crippen LogP contribution in [0.2, 0.25) is 0 Å². The van der Waals surface area contributed by atoms with Gasteiger partial charge in [-0.05, 0) is 36.2 Å². The van der Waals surface area contributed by atoms with Crippen LogP contribution < -0.4 is 10.5 Å². The lowest BCUT2D eigenvalue weighted by Gasteiger charge is -2.13. The number of methoxy groups -OCH3 is 1. The standard InChI is InChI=1S/C16H21N3O/c1-11(2)12-4-5-15(20-3)13(10-12)14-7-9-18-16(19-14)6-8-17/h4-5,7,9-11H,6,8,17H2,1-3H3. The molecular weight excluding hydrogens is 250 g/mol. The smallest absolute Gasteiger partial charge is 0.130 e. The third kappa shape index (κ3) is 3.14. The molecule has 0 unspecified atom stereocenters. The maximum absolute atomic E-state index is 5.56. The molecule has 0 spiro atoms. The van der Waals surface area contributed by atoms with Crippen molar-refractivity contribution in [1.82, 2.24) is 9.97 Å². The van der Waals surface area contributed by atoms with Crippen molar-refractivity contribution in [3.05, 3.63) is 41.9 Å². The Kier molecular flexibility index (Phi) is 4.69. The molecule has 0 amide bonds. The van der Waals surface area contributed by atoms with Crippen LogP contribution in [0.5, 0.6) is 5.75 Å². The lowest BCUT2D eigenvalue weighted by molar-refractivity contribution is 0.416. The molecule has 0 aliphatic rings. The predicted molar refractivity (Wildman–Crippen MR) is 80.9 cm³/mol. The number of rotatable bonds is 5. The van der Waals surface area contributed by atoms with Gasteiger partial charge in [0.15, 0.2) is 0 Å². The minimum Gasteiger partial charge on any atom is -0.496 e. The second-order valence-electron chi connectivity index (χ2n) is 5.01. The molecule has 20 heavy (non-hydrogen) atoms. The van der Waals surface area contributed by atoms with Gasteiger partial charge in [0.25, 0.3) is 0 Å². The molecule has 0 atom stereocenters. The second kappa shape index (κ2) is 6.48. The molecule has 1 heterocycles. The van der Waals surface area contributed by atoms with E-state index in [0.717, 1.165) is 22.8 Å². The summed E-state index contributed by atoms with van der Waals surface area (Å²) < 4.78 is 5.45. The normalized spacial score (nSPS) is 10.8.